The van der Waals surface area contributed by atoms with Gasteiger partial charge in [-0.15, -0.1) is 0 Å². The third-order valence-electron chi connectivity index (χ3n) is 17.7. The Hall–Kier alpha value is -7.77. The summed E-state index contributed by atoms with van der Waals surface area (Å²) in [6.07, 6.45) is 7.69. The molecule has 20 nitrogen and oxygen atoms in total. The number of ether oxygens (including phenoxy) is 4. The van der Waals surface area contributed by atoms with Gasteiger partial charge in [-0.1, -0.05) is 121 Å². The Balaban J connectivity index is 0.000000183. The second-order valence-electron chi connectivity index (χ2n) is 25.2. The number of carbonyl (C=O) groups is 3. The van der Waals surface area contributed by atoms with Gasteiger partial charge in [-0.2, -0.15) is 8.42 Å². The number of epoxide rings is 2. The van der Waals surface area contributed by atoms with Gasteiger partial charge < -0.3 is 46.2 Å². The van der Waals surface area contributed by atoms with Crippen molar-refractivity contribution in [2.75, 3.05) is 86.4 Å². The number of aryl methyl sites for hydroxylation is 7. The van der Waals surface area contributed by atoms with Gasteiger partial charge in [0.25, 0.3) is 21.7 Å². The number of aliphatic hydroxyl groups excluding tert-OH is 1. The highest BCUT2D eigenvalue weighted by molar-refractivity contribution is 7.86. The molecule has 7 N–H and O–H groups in total. The Kier molecular flexibility index (Phi) is 34.5. The van der Waals surface area contributed by atoms with Crippen LogP contribution in [0.2, 0.25) is 0 Å². The van der Waals surface area contributed by atoms with Gasteiger partial charge >= 0.3 is 11.4 Å². The smallest absolute Gasteiger partial charge is 0.403 e. The van der Waals surface area contributed by atoms with Crippen LogP contribution in [0, 0.1) is 51.7 Å². The molecule has 0 aromatic heterocycles. The number of nitrogens with zero attached hydrogens (tertiary/aromatic N) is 3. The molecule has 7 aromatic carbocycles. The molecule has 7 aromatic rings. The van der Waals surface area contributed by atoms with Gasteiger partial charge in [-0.3, -0.25) is 33.7 Å². The number of nitro groups is 1. The van der Waals surface area contributed by atoms with Crippen LogP contribution in [0.3, 0.4) is 0 Å². The van der Waals surface area contributed by atoms with E-state index in [2.05, 4.69) is 180 Å². The lowest BCUT2D eigenvalue weighted by molar-refractivity contribution is -0.385. The van der Waals surface area contributed by atoms with E-state index in [0.717, 1.165) is 103 Å². The van der Waals surface area contributed by atoms with Crippen molar-refractivity contribution in [3.63, 3.8) is 0 Å². The van der Waals surface area contributed by atoms with E-state index in [1.54, 1.807) is 11.1 Å². The number of nitro benzene ring substituents is 1. The molecule has 100 heavy (non-hydrogen) atoms. The molecule has 0 saturated carbocycles. The highest BCUT2D eigenvalue weighted by Crippen LogP contribution is 2.26. The minimum atomic E-state index is -3.96. The standard InChI is InChI=1S/C13H20N2O.C13H17NO.C12H16O2.C10H11NO.C10H13N.C9H9NO6S.C9H13N.C2H3ClO2/c1-10-3-2-4-11-8-15(6-5-13(10)11)9-12(16)7-14;1-10-3-2-4-11-7-14(6-5-13(10)11)8-12-9-15-12;1-10-6-3-4-7-11(10)8-5-9-12(13)14-2;1-7-3-2-4-9-8(7)5-6-11-10(9)12;1-8-3-2-4-9-7-11-6-5-10(8)9;11-10(12)7-2-1-3-9(4-7)17(13,14)16-6-8-5-15-8;1-8-4-2-3-5-9(8)6-7-10;1-5-2(3)4/h2-4,12,16H,5-9,14H2,1H3;2-4,12H,5-9H2,1H3;3-4,6-7H,5,8-9H2,1-2H3;2-4H,5-6H2,1H3,(H,11,12);2-4,11H,5-7H2,1H3;1-4,8H,5-6H2;2-5H,6-7,10H2,1H3;1H3/t2*12-;;;;8-;;/m01...0../s1. The molecule has 22 heteroatoms. The van der Waals surface area contributed by atoms with Crippen molar-refractivity contribution in [2.24, 2.45) is 11.5 Å². The number of β-amino-alcohol motifs (C(OH)–C–C–N with tert-alkyl or cyclic N) is 1. The summed E-state index contributed by atoms with van der Waals surface area (Å²) in [5.41, 5.74) is 31.7. The van der Waals surface area contributed by atoms with E-state index in [9.17, 15) is 38.0 Å². The Labute approximate surface area is 596 Å². The van der Waals surface area contributed by atoms with E-state index in [4.69, 9.17) is 25.1 Å². The molecule has 0 bridgehead atoms. The lowest BCUT2D eigenvalue weighted by Crippen LogP contribution is -2.39. The highest BCUT2D eigenvalue weighted by atomic mass is 35.5. The quantitative estimate of drug-likeness (QED) is 0.0150. The number of benzene rings is 7. The predicted octanol–water partition coefficient (Wildman–Crippen LogP) is 11.0. The zero-order valence-electron chi connectivity index (χ0n) is 59.3. The second kappa shape index (κ2) is 42.5. The predicted molar refractivity (Wildman–Crippen MR) is 393 cm³/mol. The molecule has 0 unspecified atom stereocenters. The van der Waals surface area contributed by atoms with Gasteiger partial charge in [-0.25, -0.2) is 4.79 Å². The molecule has 6 heterocycles. The summed E-state index contributed by atoms with van der Waals surface area (Å²) in [5, 5.41) is 26.2. The summed E-state index contributed by atoms with van der Waals surface area (Å²) >= 11 is 4.60. The van der Waals surface area contributed by atoms with Gasteiger partial charge in [0.05, 0.1) is 51.2 Å². The number of carbonyl (C=O) groups excluding carboxylic acids is 3. The molecule has 6 aliphatic heterocycles. The lowest BCUT2D eigenvalue weighted by Gasteiger charge is -2.30. The zero-order chi connectivity index (χ0) is 72.6. The maximum atomic E-state index is 11.6. The lowest BCUT2D eigenvalue weighted by atomic mass is 9.95. The fourth-order valence-corrected chi connectivity index (χ4v) is 12.8. The topological polar surface area (TPSA) is 284 Å². The van der Waals surface area contributed by atoms with E-state index in [1.807, 2.05) is 24.3 Å². The number of rotatable bonds is 16. The molecule has 2 saturated heterocycles. The molecule has 0 radical (unpaired) electrons. The van der Waals surface area contributed by atoms with Crippen LogP contribution in [0.1, 0.15) is 107 Å². The average Bonchev–Trinajstić information content (AvgIpc) is 1.34. The number of halogens is 1. The van der Waals surface area contributed by atoms with Gasteiger partial charge in [0.15, 0.2) is 0 Å². The summed E-state index contributed by atoms with van der Waals surface area (Å²) < 4.78 is 46.5. The average molecular weight is 1410 g/mol. The fraction of sp³-hybridized carbons (Fsp3) is 0.423. The first kappa shape index (κ1) is 81.2. The van der Waals surface area contributed by atoms with E-state index in [1.165, 1.54) is 124 Å². The first-order chi connectivity index (χ1) is 48.0. The van der Waals surface area contributed by atoms with Crippen molar-refractivity contribution in [1.29, 1.82) is 0 Å². The summed E-state index contributed by atoms with van der Waals surface area (Å²) in [5.74, 6) is -0.0569. The normalized spacial score (nSPS) is 16.2. The summed E-state index contributed by atoms with van der Waals surface area (Å²) in [4.78, 5) is 46.0. The SMILES string of the molecule is COC(=O)CCCc1ccccc1C.COC(=O)Cl.Cc1cccc2c1CCN(C[C@@H](O)CN)C2.Cc1cccc2c1CCN(C[C@@H]1CO1)C2.Cc1cccc2c1CCNC2.Cc1cccc2c1CCNC2=O.Cc1ccccc1CCN.O=[N+]([O-])c1cccc(S(=O)(=O)OC[C@@H]2CO2)c1. The minimum absolute atomic E-state index is 0.0645. The summed E-state index contributed by atoms with van der Waals surface area (Å²) in [6, 6.07) is 46.9. The zero-order valence-corrected chi connectivity index (χ0v) is 60.8. The van der Waals surface area contributed by atoms with Crippen molar-refractivity contribution in [1.82, 2.24) is 20.4 Å². The third kappa shape index (κ3) is 28.0. The molecule has 540 valence electrons. The highest BCUT2D eigenvalue weighted by Gasteiger charge is 2.29. The Bertz CT molecular complexity index is 3870. The number of aliphatic hydroxyl groups is 1. The monoisotopic (exact) mass is 1410 g/mol. The number of amides is 1. The number of esters is 1. The number of hydrogen-bond donors (Lipinski definition) is 5. The Morgan fingerprint density at radius 1 is 0.660 bits per heavy atom. The molecule has 2 fully saturated rings. The summed E-state index contributed by atoms with van der Waals surface area (Å²) in [7, 11) is -1.31. The third-order valence-corrected chi connectivity index (χ3v) is 19.2. The number of nitrogens with one attached hydrogen (secondary N) is 2. The van der Waals surface area contributed by atoms with Crippen molar-refractivity contribution in [3.05, 3.63) is 245 Å². The van der Waals surface area contributed by atoms with Crippen LogP contribution in [0.15, 0.2) is 150 Å². The van der Waals surface area contributed by atoms with Crippen LogP contribution >= 0.6 is 11.6 Å². The van der Waals surface area contributed by atoms with Gasteiger partial charge in [0.1, 0.15) is 11.0 Å². The van der Waals surface area contributed by atoms with Gasteiger partial charge in [0, 0.05) is 94.6 Å². The second-order valence-corrected chi connectivity index (χ2v) is 27.1. The number of nitrogens with two attached hydrogens (primary N) is 2. The largest absolute Gasteiger partial charge is 0.469 e. The molecule has 6 aliphatic rings. The van der Waals surface area contributed by atoms with Crippen LogP contribution in [-0.4, -0.2) is 150 Å². The molecule has 0 spiro atoms. The number of methoxy groups -OCH3 is 2. The number of hydrogen-bond acceptors (Lipinski definition) is 18. The van der Waals surface area contributed by atoms with Crippen molar-refractivity contribution in [3.8, 4) is 0 Å². The van der Waals surface area contributed by atoms with Crippen molar-refractivity contribution in [2.45, 2.75) is 136 Å². The van der Waals surface area contributed by atoms with Gasteiger partial charge in [-0.05, 0) is 195 Å². The van der Waals surface area contributed by atoms with E-state index < -0.39 is 26.6 Å². The summed E-state index contributed by atoms with van der Waals surface area (Å²) in [6.45, 7) is 24.3. The molecular formula is C78H102ClN7O13S. The maximum absolute atomic E-state index is 11.6. The van der Waals surface area contributed by atoms with Crippen LogP contribution < -0.4 is 22.1 Å². The van der Waals surface area contributed by atoms with Crippen molar-refractivity contribution < 1.29 is 56.0 Å². The van der Waals surface area contributed by atoms with Gasteiger partial charge in [0.2, 0.25) is 0 Å². The Morgan fingerprint density at radius 2 is 1.16 bits per heavy atom. The van der Waals surface area contributed by atoms with Crippen LogP contribution in [0.25, 0.3) is 0 Å². The minimum Gasteiger partial charge on any atom is -0.469 e. The first-order valence-electron chi connectivity index (χ1n) is 34.1. The van der Waals surface area contributed by atoms with Crippen LogP contribution in [0.4, 0.5) is 10.5 Å². The van der Waals surface area contributed by atoms with E-state index in [0.29, 0.717) is 32.2 Å². The van der Waals surface area contributed by atoms with E-state index in [-0.39, 0.29) is 35.2 Å². The van der Waals surface area contributed by atoms with E-state index >= 15 is 0 Å². The molecule has 13 rings (SSSR count). The molecule has 1 amide bonds. The molecule has 0 aliphatic carbocycles. The fourth-order valence-electron chi connectivity index (χ4n) is 11.8. The maximum Gasteiger partial charge on any atom is 0.403 e. The number of fused-ring (bicyclic) bond motifs is 4. The Morgan fingerprint density at radius 3 is 1.68 bits per heavy atom. The first-order valence-corrected chi connectivity index (χ1v) is 35.9. The molecular weight excluding hydrogens is 1310 g/mol. The number of non-ortho nitro benzene ring substituents is 1. The van der Waals surface area contributed by atoms with Crippen LogP contribution in [-0.2, 0) is 96.2 Å². The molecule has 3 atom stereocenters. The van der Waals surface area contributed by atoms with Crippen LogP contribution in [0.5, 0.6) is 0 Å². The van der Waals surface area contributed by atoms with Crippen molar-refractivity contribution >= 4 is 44.7 Å².